The van der Waals surface area contributed by atoms with Crippen LogP contribution in [0.15, 0.2) is 47.1 Å². The Balaban J connectivity index is 1.47. The van der Waals surface area contributed by atoms with E-state index in [0.29, 0.717) is 31.5 Å². The molecule has 0 aromatic carbocycles. The molecule has 0 radical (unpaired) electrons. The SMILES string of the molecule is O=C(NC1CCN(CCC(F)(F)F)CC1)C1=C2C=CC=C2C=C1. The molecule has 124 valence electrons. The number of rotatable bonds is 4. The fourth-order valence-electron chi connectivity index (χ4n) is 3.13. The molecule has 0 aromatic heterocycles. The number of hydrogen-bond acceptors (Lipinski definition) is 2. The lowest BCUT2D eigenvalue weighted by atomic mass is 10.0. The van der Waals surface area contributed by atoms with Gasteiger partial charge in [0.25, 0.3) is 5.91 Å². The lowest BCUT2D eigenvalue weighted by Crippen LogP contribution is -2.45. The van der Waals surface area contributed by atoms with Gasteiger partial charge in [0.1, 0.15) is 0 Å². The Bertz CT molecular complexity index is 606. The van der Waals surface area contributed by atoms with E-state index >= 15 is 0 Å². The van der Waals surface area contributed by atoms with E-state index in [2.05, 4.69) is 5.32 Å². The van der Waals surface area contributed by atoms with E-state index in [9.17, 15) is 18.0 Å². The summed E-state index contributed by atoms with van der Waals surface area (Å²) < 4.78 is 36.7. The van der Waals surface area contributed by atoms with Crippen molar-refractivity contribution in [1.29, 1.82) is 0 Å². The Morgan fingerprint density at radius 2 is 1.96 bits per heavy atom. The number of amides is 1. The van der Waals surface area contributed by atoms with Gasteiger partial charge in [-0.3, -0.25) is 4.79 Å². The highest BCUT2D eigenvalue weighted by molar-refractivity contribution is 6.00. The molecular weight excluding hydrogens is 305 g/mol. The van der Waals surface area contributed by atoms with Crippen LogP contribution in [-0.4, -0.2) is 42.7 Å². The second-order valence-corrected chi connectivity index (χ2v) is 6.10. The molecule has 0 bridgehead atoms. The maximum absolute atomic E-state index is 12.4. The van der Waals surface area contributed by atoms with Crippen molar-refractivity contribution in [1.82, 2.24) is 10.2 Å². The summed E-state index contributed by atoms with van der Waals surface area (Å²) in [5, 5.41) is 3.01. The maximum Gasteiger partial charge on any atom is 0.390 e. The summed E-state index contributed by atoms with van der Waals surface area (Å²) in [6.07, 6.45) is 6.04. The summed E-state index contributed by atoms with van der Waals surface area (Å²) in [5.74, 6) is -0.0973. The molecule has 1 N–H and O–H groups in total. The van der Waals surface area contributed by atoms with Gasteiger partial charge in [0.15, 0.2) is 0 Å². The van der Waals surface area contributed by atoms with Crippen molar-refractivity contribution in [2.45, 2.75) is 31.5 Å². The van der Waals surface area contributed by atoms with Crippen molar-refractivity contribution in [3.8, 4) is 0 Å². The molecular formula is C17H19F3N2O. The first kappa shape index (κ1) is 16.1. The highest BCUT2D eigenvalue weighted by Crippen LogP contribution is 2.30. The summed E-state index contributed by atoms with van der Waals surface area (Å²) in [7, 11) is 0. The van der Waals surface area contributed by atoms with Gasteiger partial charge >= 0.3 is 6.18 Å². The zero-order valence-electron chi connectivity index (χ0n) is 12.7. The molecule has 1 fully saturated rings. The molecule has 1 saturated heterocycles. The smallest absolute Gasteiger partial charge is 0.349 e. The van der Waals surface area contributed by atoms with E-state index in [4.69, 9.17) is 0 Å². The third kappa shape index (κ3) is 3.93. The molecule has 6 heteroatoms. The summed E-state index contributed by atoms with van der Waals surface area (Å²) >= 11 is 0. The number of halogens is 3. The molecule has 0 atom stereocenters. The number of hydrogen-bond donors (Lipinski definition) is 1. The number of likely N-dealkylation sites (tertiary alicyclic amines) is 1. The van der Waals surface area contributed by atoms with Crippen molar-refractivity contribution >= 4 is 5.91 Å². The van der Waals surface area contributed by atoms with Gasteiger partial charge in [0.05, 0.1) is 6.42 Å². The molecule has 0 spiro atoms. The zero-order valence-corrected chi connectivity index (χ0v) is 12.7. The van der Waals surface area contributed by atoms with E-state index in [-0.39, 0.29) is 18.5 Å². The van der Waals surface area contributed by atoms with Crippen LogP contribution in [0.1, 0.15) is 19.3 Å². The van der Waals surface area contributed by atoms with E-state index in [1.807, 2.05) is 35.3 Å². The first-order valence-electron chi connectivity index (χ1n) is 7.83. The summed E-state index contributed by atoms with van der Waals surface area (Å²) in [6.45, 7) is 1.23. The predicted molar refractivity (Wildman–Crippen MR) is 81.7 cm³/mol. The molecule has 1 heterocycles. The predicted octanol–water partition coefficient (Wildman–Crippen LogP) is 2.88. The van der Waals surface area contributed by atoms with Crippen molar-refractivity contribution < 1.29 is 18.0 Å². The molecule has 3 rings (SSSR count). The minimum absolute atomic E-state index is 0.0320. The fraction of sp³-hybridized carbons (Fsp3) is 0.471. The third-order valence-corrected chi connectivity index (χ3v) is 4.45. The van der Waals surface area contributed by atoms with Crippen LogP contribution in [0.4, 0.5) is 13.2 Å². The van der Waals surface area contributed by atoms with Crippen LogP contribution in [0.5, 0.6) is 0 Å². The van der Waals surface area contributed by atoms with Crippen LogP contribution in [0.2, 0.25) is 0 Å². The van der Waals surface area contributed by atoms with Gasteiger partial charge in [0, 0.05) is 31.2 Å². The molecule has 1 aliphatic heterocycles. The van der Waals surface area contributed by atoms with Crippen LogP contribution in [0.3, 0.4) is 0 Å². The Morgan fingerprint density at radius 1 is 1.22 bits per heavy atom. The van der Waals surface area contributed by atoms with Crippen LogP contribution in [0.25, 0.3) is 0 Å². The third-order valence-electron chi connectivity index (χ3n) is 4.45. The van der Waals surface area contributed by atoms with Gasteiger partial charge < -0.3 is 10.2 Å². The van der Waals surface area contributed by atoms with Gasteiger partial charge in [0.2, 0.25) is 0 Å². The highest BCUT2D eigenvalue weighted by Gasteiger charge is 2.29. The van der Waals surface area contributed by atoms with Crippen LogP contribution < -0.4 is 5.32 Å². The van der Waals surface area contributed by atoms with Crippen LogP contribution >= 0.6 is 0 Å². The zero-order chi connectivity index (χ0) is 16.4. The lowest BCUT2D eigenvalue weighted by molar-refractivity contribution is -0.138. The van der Waals surface area contributed by atoms with Gasteiger partial charge in [-0.15, -0.1) is 0 Å². The highest BCUT2D eigenvalue weighted by atomic mass is 19.4. The quantitative estimate of drug-likeness (QED) is 0.862. The maximum atomic E-state index is 12.4. The lowest BCUT2D eigenvalue weighted by Gasteiger charge is -2.32. The Hall–Kier alpha value is -1.82. The number of carbonyl (C=O) groups is 1. The Morgan fingerprint density at radius 3 is 2.65 bits per heavy atom. The van der Waals surface area contributed by atoms with Gasteiger partial charge in [-0.2, -0.15) is 13.2 Å². The second-order valence-electron chi connectivity index (χ2n) is 6.10. The minimum atomic E-state index is -4.10. The van der Waals surface area contributed by atoms with Crippen molar-refractivity contribution in [3.63, 3.8) is 0 Å². The molecule has 2 aliphatic carbocycles. The average molecular weight is 324 g/mol. The van der Waals surface area contributed by atoms with Crippen molar-refractivity contribution in [2.24, 2.45) is 0 Å². The van der Waals surface area contributed by atoms with Gasteiger partial charge in [-0.1, -0.05) is 24.3 Å². The molecule has 23 heavy (non-hydrogen) atoms. The standard InChI is InChI=1S/C17H19F3N2O/c18-17(19,20)8-11-22-9-6-13(7-10-22)21-16(23)15-5-4-12-2-1-3-14(12)15/h1-5,13H,6-11H2,(H,21,23). The van der Waals surface area contributed by atoms with Crippen molar-refractivity contribution in [3.05, 3.63) is 47.1 Å². The number of carbonyl (C=O) groups excluding carboxylic acids is 1. The van der Waals surface area contributed by atoms with Gasteiger partial charge in [-0.25, -0.2) is 0 Å². The summed E-state index contributed by atoms with van der Waals surface area (Å²) in [6, 6.07) is 0.0320. The number of nitrogens with one attached hydrogen (secondary N) is 1. The molecule has 3 nitrogen and oxygen atoms in total. The first-order chi connectivity index (χ1) is 10.9. The minimum Gasteiger partial charge on any atom is -0.349 e. The first-order valence-corrected chi connectivity index (χ1v) is 7.83. The van der Waals surface area contributed by atoms with Crippen LogP contribution in [-0.2, 0) is 4.79 Å². The molecule has 3 aliphatic rings. The number of alkyl halides is 3. The topological polar surface area (TPSA) is 32.3 Å². The van der Waals surface area contributed by atoms with Gasteiger partial charge in [-0.05, 0) is 30.1 Å². The molecule has 0 saturated carbocycles. The largest absolute Gasteiger partial charge is 0.390 e. The summed E-state index contributed by atoms with van der Waals surface area (Å²) in [5.41, 5.74) is 2.67. The van der Waals surface area contributed by atoms with E-state index < -0.39 is 12.6 Å². The summed E-state index contributed by atoms with van der Waals surface area (Å²) in [4.78, 5) is 14.2. The van der Waals surface area contributed by atoms with Crippen molar-refractivity contribution in [2.75, 3.05) is 19.6 Å². The molecule has 0 unspecified atom stereocenters. The Labute approximate surface area is 133 Å². The van der Waals surface area contributed by atoms with E-state index in [0.717, 1.165) is 11.1 Å². The normalized spacial score (nSPS) is 21.8. The van der Waals surface area contributed by atoms with Crippen LogP contribution in [0, 0.1) is 0 Å². The average Bonchev–Trinajstić information content (AvgIpc) is 3.08. The monoisotopic (exact) mass is 324 g/mol. The van der Waals surface area contributed by atoms with E-state index in [1.165, 1.54) is 0 Å². The number of allylic oxidation sites excluding steroid dienone is 6. The van der Waals surface area contributed by atoms with E-state index in [1.54, 1.807) is 0 Å². The number of fused-ring (bicyclic) bond motifs is 1. The molecule has 1 amide bonds. The molecule has 0 aromatic rings. The number of piperidine rings is 1. The Kier molecular flexibility index (Phi) is 4.43. The fourth-order valence-corrected chi connectivity index (χ4v) is 3.13. The second kappa shape index (κ2) is 6.35. The number of nitrogens with zero attached hydrogens (tertiary/aromatic N) is 1.